The number of ether oxygens (including phenoxy) is 1. The molecule has 0 bridgehead atoms. The molecule has 160 valence electrons. The van der Waals surface area contributed by atoms with E-state index in [4.69, 9.17) is 4.74 Å². The minimum Gasteiger partial charge on any atom is -0.382 e. The number of hydrogen-bond acceptors (Lipinski definition) is 5. The predicted octanol–water partition coefficient (Wildman–Crippen LogP) is 2.46. The summed E-state index contributed by atoms with van der Waals surface area (Å²) < 4.78 is 33.0. The molecule has 9 heteroatoms. The molecule has 1 aliphatic rings. The zero-order valence-electron chi connectivity index (χ0n) is 17.1. The Morgan fingerprint density at radius 3 is 2.66 bits per heavy atom. The summed E-state index contributed by atoms with van der Waals surface area (Å²) in [5.41, 5.74) is 1.81. The van der Waals surface area contributed by atoms with Crippen LogP contribution in [-0.2, 0) is 26.1 Å². The summed E-state index contributed by atoms with van der Waals surface area (Å²) in [5, 5.41) is 2.98. The van der Waals surface area contributed by atoms with Crippen LogP contribution in [0.15, 0.2) is 24.3 Å². The van der Waals surface area contributed by atoms with Crippen molar-refractivity contribution >= 4 is 32.9 Å². The lowest BCUT2D eigenvalue weighted by Gasteiger charge is -2.30. The third kappa shape index (κ3) is 5.15. The number of sulfonamides is 1. The van der Waals surface area contributed by atoms with Crippen LogP contribution in [0.5, 0.6) is 0 Å². The van der Waals surface area contributed by atoms with E-state index < -0.39 is 10.0 Å². The highest BCUT2D eigenvalue weighted by molar-refractivity contribution is 7.89. The van der Waals surface area contributed by atoms with Crippen LogP contribution in [0, 0.1) is 5.92 Å². The Bertz CT molecular complexity index is 933. The van der Waals surface area contributed by atoms with Gasteiger partial charge in [0.25, 0.3) is 0 Å². The number of nitrogens with one attached hydrogen (secondary N) is 1. The molecule has 2 aromatic rings. The fourth-order valence-corrected chi connectivity index (χ4v) is 4.79. The van der Waals surface area contributed by atoms with Crippen LogP contribution in [0.3, 0.4) is 0 Å². The van der Waals surface area contributed by atoms with Gasteiger partial charge in [-0.25, -0.2) is 17.7 Å². The van der Waals surface area contributed by atoms with Crippen LogP contribution >= 0.6 is 0 Å². The van der Waals surface area contributed by atoms with Crippen molar-refractivity contribution in [3.05, 3.63) is 24.3 Å². The maximum Gasteiger partial charge on any atom is 0.229 e. The molecule has 8 nitrogen and oxygen atoms in total. The van der Waals surface area contributed by atoms with E-state index in [9.17, 15) is 13.2 Å². The molecule has 1 aromatic carbocycles. The van der Waals surface area contributed by atoms with E-state index >= 15 is 0 Å². The molecule has 0 radical (unpaired) electrons. The number of para-hydroxylation sites is 2. The van der Waals surface area contributed by atoms with E-state index in [0.29, 0.717) is 51.6 Å². The molecular formula is C20H30N4O4S. The summed E-state index contributed by atoms with van der Waals surface area (Å²) in [7, 11) is -3.20. The van der Waals surface area contributed by atoms with Crippen molar-refractivity contribution in [3.63, 3.8) is 0 Å². The summed E-state index contributed by atoms with van der Waals surface area (Å²) in [6.07, 6.45) is 1.87. The molecule has 0 aliphatic carbocycles. The summed E-state index contributed by atoms with van der Waals surface area (Å²) in [4.78, 5) is 17.4. The Labute approximate surface area is 172 Å². The molecule has 1 N–H and O–H groups in total. The standard InChI is InChI=1S/C20H30N4O4S/c1-3-28-15-7-12-24-18-9-6-5-8-17(18)21-20(24)22-19(25)16-10-13-23(14-11-16)29(26,27)4-2/h5-6,8-9,16H,3-4,7,10-15H2,1-2H3,(H,21,22,25). The van der Waals surface area contributed by atoms with Crippen molar-refractivity contribution in [1.29, 1.82) is 0 Å². The number of carbonyl (C=O) groups excluding carboxylic acids is 1. The van der Waals surface area contributed by atoms with Gasteiger partial charge in [-0.15, -0.1) is 0 Å². The van der Waals surface area contributed by atoms with Gasteiger partial charge in [-0.2, -0.15) is 0 Å². The van der Waals surface area contributed by atoms with Gasteiger partial charge in [0.1, 0.15) is 0 Å². The van der Waals surface area contributed by atoms with Gasteiger partial charge in [0.2, 0.25) is 21.9 Å². The average Bonchev–Trinajstić information content (AvgIpc) is 3.08. The van der Waals surface area contributed by atoms with E-state index in [0.717, 1.165) is 17.5 Å². The second kappa shape index (κ2) is 9.69. The van der Waals surface area contributed by atoms with Gasteiger partial charge in [0.15, 0.2) is 0 Å². The minimum atomic E-state index is -3.20. The van der Waals surface area contributed by atoms with Crippen molar-refractivity contribution in [1.82, 2.24) is 13.9 Å². The van der Waals surface area contributed by atoms with Crippen LogP contribution in [-0.4, -0.2) is 60.2 Å². The van der Waals surface area contributed by atoms with Crippen LogP contribution in [0.25, 0.3) is 11.0 Å². The Hall–Kier alpha value is -1.97. The van der Waals surface area contributed by atoms with Crippen molar-refractivity contribution in [2.45, 2.75) is 39.7 Å². The Morgan fingerprint density at radius 2 is 1.97 bits per heavy atom. The summed E-state index contributed by atoms with van der Waals surface area (Å²) in [6.45, 7) is 6.42. The molecule has 1 aliphatic heterocycles. The van der Waals surface area contributed by atoms with E-state index in [-0.39, 0.29) is 17.6 Å². The molecule has 29 heavy (non-hydrogen) atoms. The monoisotopic (exact) mass is 422 g/mol. The number of fused-ring (bicyclic) bond motifs is 1. The van der Waals surface area contributed by atoms with Gasteiger partial charge in [0, 0.05) is 38.8 Å². The van der Waals surface area contributed by atoms with Crippen LogP contribution < -0.4 is 5.32 Å². The van der Waals surface area contributed by atoms with Gasteiger partial charge in [-0.3, -0.25) is 10.1 Å². The highest BCUT2D eigenvalue weighted by Gasteiger charge is 2.30. The number of anilines is 1. The summed E-state index contributed by atoms with van der Waals surface area (Å²) >= 11 is 0. The molecule has 0 atom stereocenters. The molecule has 3 rings (SSSR count). The highest BCUT2D eigenvalue weighted by Crippen LogP contribution is 2.24. The van der Waals surface area contributed by atoms with E-state index in [2.05, 4.69) is 10.3 Å². The molecule has 1 saturated heterocycles. The minimum absolute atomic E-state index is 0.0929. The zero-order chi connectivity index (χ0) is 20.9. The van der Waals surface area contributed by atoms with E-state index in [1.807, 2.05) is 35.8 Å². The largest absolute Gasteiger partial charge is 0.382 e. The van der Waals surface area contributed by atoms with Gasteiger partial charge in [0.05, 0.1) is 16.8 Å². The quantitative estimate of drug-likeness (QED) is 0.627. The molecule has 0 saturated carbocycles. The van der Waals surface area contributed by atoms with Crippen LogP contribution in [0.4, 0.5) is 5.95 Å². The number of rotatable bonds is 9. The van der Waals surface area contributed by atoms with Crippen molar-refractivity contribution in [2.75, 3.05) is 37.4 Å². The first-order chi connectivity index (χ1) is 14.0. The number of nitrogens with zero attached hydrogens (tertiary/aromatic N) is 3. The lowest BCUT2D eigenvalue weighted by atomic mass is 9.97. The number of aromatic nitrogens is 2. The molecule has 1 aromatic heterocycles. The van der Waals surface area contributed by atoms with Crippen LogP contribution in [0.2, 0.25) is 0 Å². The molecule has 1 fully saturated rings. The fourth-order valence-electron chi connectivity index (χ4n) is 3.66. The molecule has 2 heterocycles. The highest BCUT2D eigenvalue weighted by atomic mass is 32.2. The second-order valence-electron chi connectivity index (χ2n) is 7.19. The van der Waals surface area contributed by atoms with E-state index in [1.165, 1.54) is 4.31 Å². The first-order valence-electron chi connectivity index (χ1n) is 10.3. The summed E-state index contributed by atoms with van der Waals surface area (Å²) in [6, 6.07) is 7.80. The SMILES string of the molecule is CCOCCCn1c(NC(=O)C2CCN(S(=O)(=O)CC)CC2)nc2ccccc21. The van der Waals surface area contributed by atoms with Crippen molar-refractivity contribution in [3.8, 4) is 0 Å². The number of carbonyl (C=O) groups is 1. The third-order valence-corrected chi connectivity index (χ3v) is 7.23. The third-order valence-electron chi connectivity index (χ3n) is 5.35. The maximum absolute atomic E-state index is 12.8. The number of piperidine rings is 1. The first-order valence-corrected chi connectivity index (χ1v) is 11.9. The molecule has 0 spiro atoms. The van der Waals surface area contributed by atoms with Crippen LogP contribution in [0.1, 0.15) is 33.1 Å². The Balaban J connectivity index is 1.68. The number of aryl methyl sites for hydroxylation is 1. The fraction of sp³-hybridized carbons (Fsp3) is 0.600. The number of amides is 1. The van der Waals surface area contributed by atoms with Crippen molar-refractivity contribution < 1.29 is 17.9 Å². The number of imidazole rings is 1. The lowest BCUT2D eigenvalue weighted by molar-refractivity contribution is -0.121. The topological polar surface area (TPSA) is 93.5 Å². The van der Waals surface area contributed by atoms with Gasteiger partial charge in [-0.1, -0.05) is 12.1 Å². The normalized spacial score (nSPS) is 16.3. The molecule has 0 unspecified atom stereocenters. The smallest absolute Gasteiger partial charge is 0.229 e. The Kier molecular flexibility index (Phi) is 7.26. The summed E-state index contributed by atoms with van der Waals surface area (Å²) in [5.74, 6) is 0.321. The van der Waals surface area contributed by atoms with E-state index in [1.54, 1.807) is 6.92 Å². The Morgan fingerprint density at radius 1 is 1.24 bits per heavy atom. The van der Waals surface area contributed by atoms with Gasteiger partial charge >= 0.3 is 0 Å². The molecular weight excluding hydrogens is 392 g/mol. The lowest BCUT2D eigenvalue weighted by Crippen LogP contribution is -2.42. The second-order valence-corrected chi connectivity index (χ2v) is 9.45. The number of hydrogen-bond donors (Lipinski definition) is 1. The zero-order valence-corrected chi connectivity index (χ0v) is 18.0. The van der Waals surface area contributed by atoms with Crippen molar-refractivity contribution in [2.24, 2.45) is 5.92 Å². The average molecular weight is 423 g/mol. The first kappa shape index (κ1) is 21.7. The molecule has 1 amide bonds. The van der Waals surface area contributed by atoms with Gasteiger partial charge < -0.3 is 9.30 Å². The predicted molar refractivity (Wildman–Crippen MR) is 113 cm³/mol. The maximum atomic E-state index is 12.8. The number of benzene rings is 1. The van der Waals surface area contributed by atoms with Gasteiger partial charge in [-0.05, 0) is 45.2 Å².